The van der Waals surface area contributed by atoms with Gasteiger partial charge >= 0.3 is 0 Å². The molecule has 1 aromatic heterocycles. The SMILES string of the molecule is COc1ccc(CC(=O)N2CCCC(Oc3nccnc3OC)C2)cc1OC. The quantitative estimate of drug-likeness (QED) is 0.719. The number of nitrogens with zero attached hydrogens (tertiary/aromatic N) is 3. The first-order chi connectivity index (χ1) is 13.6. The number of likely N-dealkylation sites (tertiary alicyclic amines) is 1. The summed E-state index contributed by atoms with van der Waals surface area (Å²) in [6.45, 7) is 1.22. The molecule has 2 heterocycles. The maximum atomic E-state index is 12.8. The van der Waals surface area contributed by atoms with Crippen molar-refractivity contribution >= 4 is 5.91 Å². The van der Waals surface area contributed by atoms with Crippen LogP contribution in [0.5, 0.6) is 23.3 Å². The van der Waals surface area contributed by atoms with Gasteiger partial charge in [-0.05, 0) is 30.5 Å². The molecule has 1 aliphatic rings. The number of ether oxygens (including phenoxy) is 4. The molecule has 1 amide bonds. The third-order valence-electron chi connectivity index (χ3n) is 4.64. The van der Waals surface area contributed by atoms with E-state index < -0.39 is 0 Å². The number of hydrogen-bond donors (Lipinski definition) is 0. The molecule has 0 N–H and O–H groups in total. The summed E-state index contributed by atoms with van der Waals surface area (Å²) in [5.74, 6) is 2.00. The standard InChI is InChI=1S/C20H25N3O5/c1-25-16-7-6-14(11-17(16)26-2)12-18(24)23-10-4-5-15(13-23)28-20-19(27-3)21-8-9-22-20/h6-9,11,15H,4-5,10,12-13H2,1-3H3. The van der Waals surface area contributed by atoms with Crippen LogP contribution in [-0.4, -0.2) is 61.3 Å². The van der Waals surface area contributed by atoms with Gasteiger partial charge in [0.25, 0.3) is 11.8 Å². The largest absolute Gasteiger partial charge is 0.493 e. The van der Waals surface area contributed by atoms with E-state index in [2.05, 4.69) is 9.97 Å². The summed E-state index contributed by atoms with van der Waals surface area (Å²) in [6.07, 6.45) is 4.96. The molecule has 28 heavy (non-hydrogen) atoms. The first-order valence-corrected chi connectivity index (χ1v) is 9.15. The van der Waals surface area contributed by atoms with E-state index in [1.54, 1.807) is 26.6 Å². The summed E-state index contributed by atoms with van der Waals surface area (Å²) < 4.78 is 21.7. The number of benzene rings is 1. The molecule has 2 aromatic rings. The lowest BCUT2D eigenvalue weighted by Crippen LogP contribution is -2.45. The van der Waals surface area contributed by atoms with Crippen molar-refractivity contribution in [2.75, 3.05) is 34.4 Å². The van der Waals surface area contributed by atoms with Gasteiger partial charge in [0.1, 0.15) is 6.10 Å². The van der Waals surface area contributed by atoms with E-state index in [4.69, 9.17) is 18.9 Å². The van der Waals surface area contributed by atoms with Crippen molar-refractivity contribution < 1.29 is 23.7 Å². The number of hydrogen-bond acceptors (Lipinski definition) is 7. The van der Waals surface area contributed by atoms with Gasteiger partial charge in [-0.2, -0.15) is 0 Å². The molecular formula is C20H25N3O5. The minimum Gasteiger partial charge on any atom is -0.493 e. The second-order valence-electron chi connectivity index (χ2n) is 6.46. The van der Waals surface area contributed by atoms with E-state index in [0.29, 0.717) is 42.8 Å². The summed E-state index contributed by atoms with van der Waals surface area (Å²) in [5.41, 5.74) is 0.876. The summed E-state index contributed by atoms with van der Waals surface area (Å²) in [7, 11) is 4.69. The van der Waals surface area contributed by atoms with E-state index in [1.807, 2.05) is 23.1 Å². The van der Waals surface area contributed by atoms with E-state index in [0.717, 1.165) is 18.4 Å². The van der Waals surface area contributed by atoms with E-state index in [-0.39, 0.29) is 12.0 Å². The number of rotatable bonds is 7. The zero-order valence-corrected chi connectivity index (χ0v) is 16.4. The highest BCUT2D eigenvalue weighted by atomic mass is 16.5. The second-order valence-corrected chi connectivity index (χ2v) is 6.46. The molecule has 1 aromatic carbocycles. The number of aromatic nitrogens is 2. The van der Waals surface area contributed by atoms with E-state index >= 15 is 0 Å². The first-order valence-electron chi connectivity index (χ1n) is 9.15. The Labute approximate surface area is 164 Å². The fourth-order valence-corrected chi connectivity index (χ4v) is 3.23. The average Bonchev–Trinajstić information content (AvgIpc) is 2.74. The van der Waals surface area contributed by atoms with Gasteiger partial charge < -0.3 is 23.8 Å². The number of piperidine rings is 1. The Balaban J connectivity index is 1.63. The van der Waals surface area contributed by atoms with E-state index in [9.17, 15) is 4.79 Å². The third kappa shape index (κ3) is 4.62. The fourth-order valence-electron chi connectivity index (χ4n) is 3.23. The van der Waals surface area contributed by atoms with Crippen LogP contribution in [0.1, 0.15) is 18.4 Å². The zero-order chi connectivity index (χ0) is 19.9. The number of carbonyl (C=O) groups is 1. The lowest BCUT2D eigenvalue weighted by atomic mass is 10.1. The van der Waals surface area contributed by atoms with Crippen molar-refractivity contribution in [3.63, 3.8) is 0 Å². The molecule has 0 radical (unpaired) electrons. The summed E-state index contributed by atoms with van der Waals surface area (Å²) in [4.78, 5) is 22.9. The Morgan fingerprint density at radius 3 is 2.54 bits per heavy atom. The lowest BCUT2D eigenvalue weighted by molar-refractivity contribution is -0.133. The summed E-state index contributed by atoms with van der Waals surface area (Å²) >= 11 is 0. The molecule has 150 valence electrons. The maximum Gasteiger partial charge on any atom is 0.278 e. The highest BCUT2D eigenvalue weighted by Gasteiger charge is 2.26. The minimum absolute atomic E-state index is 0.0478. The van der Waals surface area contributed by atoms with Crippen LogP contribution in [0.25, 0.3) is 0 Å². The van der Waals surface area contributed by atoms with Gasteiger partial charge in [0, 0.05) is 18.9 Å². The van der Waals surface area contributed by atoms with Crippen molar-refractivity contribution in [1.29, 1.82) is 0 Å². The Bertz CT molecular complexity index is 814. The van der Waals surface area contributed by atoms with Crippen LogP contribution in [-0.2, 0) is 11.2 Å². The smallest absolute Gasteiger partial charge is 0.278 e. The molecule has 8 nitrogen and oxygen atoms in total. The molecule has 3 rings (SSSR count). The maximum absolute atomic E-state index is 12.8. The Hall–Kier alpha value is -3.03. The lowest BCUT2D eigenvalue weighted by Gasteiger charge is -2.32. The molecule has 1 saturated heterocycles. The molecule has 0 saturated carbocycles. The number of amides is 1. The van der Waals surface area contributed by atoms with Crippen LogP contribution in [0.2, 0.25) is 0 Å². The van der Waals surface area contributed by atoms with Crippen LogP contribution in [0.4, 0.5) is 0 Å². The van der Waals surface area contributed by atoms with Gasteiger partial charge in [0.15, 0.2) is 11.5 Å². The van der Waals surface area contributed by atoms with E-state index in [1.165, 1.54) is 7.11 Å². The van der Waals surface area contributed by atoms with Crippen LogP contribution in [0.3, 0.4) is 0 Å². The molecule has 1 atom stereocenters. The highest BCUT2D eigenvalue weighted by Crippen LogP contribution is 2.28. The number of methoxy groups -OCH3 is 3. The Morgan fingerprint density at radius 2 is 1.82 bits per heavy atom. The molecule has 0 bridgehead atoms. The van der Waals surface area contributed by atoms with Crippen molar-refractivity contribution in [1.82, 2.24) is 14.9 Å². The second kappa shape index (κ2) is 9.25. The Morgan fingerprint density at radius 1 is 1.07 bits per heavy atom. The predicted octanol–water partition coefficient (Wildman–Crippen LogP) is 2.11. The van der Waals surface area contributed by atoms with Crippen LogP contribution < -0.4 is 18.9 Å². The van der Waals surface area contributed by atoms with Gasteiger partial charge in [-0.25, -0.2) is 9.97 Å². The molecule has 0 spiro atoms. The van der Waals surface area contributed by atoms with Gasteiger partial charge in [-0.1, -0.05) is 6.07 Å². The zero-order valence-electron chi connectivity index (χ0n) is 16.4. The van der Waals surface area contributed by atoms with Crippen molar-refractivity contribution in [2.24, 2.45) is 0 Å². The summed E-state index contributed by atoms with van der Waals surface area (Å²) in [6, 6.07) is 5.52. The van der Waals surface area contributed by atoms with Crippen molar-refractivity contribution in [3.8, 4) is 23.3 Å². The van der Waals surface area contributed by atoms with Crippen LogP contribution >= 0.6 is 0 Å². The Kier molecular flexibility index (Phi) is 6.52. The fraction of sp³-hybridized carbons (Fsp3) is 0.450. The number of carbonyl (C=O) groups excluding carboxylic acids is 1. The van der Waals surface area contributed by atoms with Gasteiger partial charge in [0.05, 0.1) is 34.3 Å². The molecular weight excluding hydrogens is 362 g/mol. The predicted molar refractivity (Wildman–Crippen MR) is 102 cm³/mol. The third-order valence-corrected chi connectivity index (χ3v) is 4.64. The molecule has 1 fully saturated rings. The first kappa shape index (κ1) is 19.7. The molecule has 8 heteroatoms. The van der Waals surface area contributed by atoms with Crippen molar-refractivity contribution in [3.05, 3.63) is 36.2 Å². The molecule has 1 aliphatic heterocycles. The van der Waals surface area contributed by atoms with Gasteiger partial charge in [-0.3, -0.25) is 4.79 Å². The molecule has 0 aliphatic carbocycles. The minimum atomic E-state index is -0.145. The van der Waals surface area contributed by atoms with Gasteiger partial charge in [-0.15, -0.1) is 0 Å². The topological polar surface area (TPSA) is 83.0 Å². The monoisotopic (exact) mass is 387 g/mol. The normalized spacial score (nSPS) is 16.4. The van der Waals surface area contributed by atoms with Crippen LogP contribution in [0, 0.1) is 0 Å². The summed E-state index contributed by atoms with van der Waals surface area (Å²) in [5, 5.41) is 0. The average molecular weight is 387 g/mol. The van der Waals surface area contributed by atoms with Crippen LogP contribution in [0.15, 0.2) is 30.6 Å². The van der Waals surface area contributed by atoms with Gasteiger partial charge in [0.2, 0.25) is 5.91 Å². The van der Waals surface area contributed by atoms with Crippen molar-refractivity contribution in [2.45, 2.75) is 25.4 Å². The molecule has 1 unspecified atom stereocenters. The highest BCUT2D eigenvalue weighted by molar-refractivity contribution is 5.79.